The van der Waals surface area contributed by atoms with Crippen LogP contribution in [0.4, 0.5) is 0 Å². The number of rotatable bonds is 2. The van der Waals surface area contributed by atoms with Crippen molar-refractivity contribution in [2.45, 2.75) is 56.7 Å². The molecule has 2 N–H and O–H groups in total. The fourth-order valence-electron chi connectivity index (χ4n) is 4.02. The van der Waals surface area contributed by atoms with Crippen LogP contribution in [0.15, 0.2) is 0 Å². The molecule has 0 amide bonds. The maximum atomic E-state index is 6.23. The number of nitrogens with two attached hydrogens (primary N) is 1. The highest BCUT2D eigenvalue weighted by Crippen LogP contribution is 2.36. The zero-order valence-corrected chi connectivity index (χ0v) is 12.1. The van der Waals surface area contributed by atoms with E-state index in [-0.39, 0.29) is 5.60 Å². The highest BCUT2D eigenvalue weighted by molar-refractivity contribution is 4.95. The molecule has 1 spiro atoms. The lowest BCUT2D eigenvalue weighted by atomic mass is 9.85. The summed E-state index contributed by atoms with van der Waals surface area (Å²) in [7, 11) is 0. The van der Waals surface area contributed by atoms with Gasteiger partial charge in [0.1, 0.15) is 0 Å². The highest BCUT2D eigenvalue weighted by atomic mass is 16.6. The van der Waals surface area contributed by atoms with E-state index in [1.165, 1.54) is 25.9 Å². The third-order valence-corrected chi connectivity index (χ3v) is 5.40. The third kappa shape index (κ3) is 2.82. The molecule has 3 aliphatic rings. The standard InChI is InChI=1S/C15H28N2O2/c1-2-12-10-17(6-3-14(12)16)13-4-7-19-15(9-13)5-8-18-11-15/h12-14H,2-11,16H2,1H3. The molecule has 0 saturated carbocycles. The van der Waals surface area contributed by atoms with Crippen molar-refractivity contribution in [2.24, 2.45) is 11.7 Å². The fourth-order valence-corrected chi connectivity index (χ4v) is 4.02. The van der Waals surface area contributed by atoms with Crippen LogP contribution in [-0.4, -0.2) is 55.5 Å². The molecular formula is C15H28N2O2. The molecule has 0 aromatic carbocycles. The quantitative estimate of drug-likeness (QED) is 0.822. The molecule has 4 heteroatoms. The van der Waals surface area contributed by atoms with Gasteiger partial charge in [0.15, 0.2) is 0 Å². The molecule has 4 atom stereocenters. The van der Waals surface area contributed by atoms with Crippen LogP contribution in [0.3, 0.4) is 0 Å². The maximum absolute atomic E-state index is 6.23. The number of nitrogens with zero attached hydrogens (tertiary/aromatic N) is 1. The van der Waals surface area contributed by atoms with E-state index in [0.29, 0.717) is 18.0 Å². The van der Waals surface area contributed by atoms with Gasteiger partial charge in [0.2, 0.25) is 0 Å². The Bertz CT molecular complexity index is 305. The number of ether oxygens (including phenoxy) is 2. The topological polar surface area (TPSA) is 47.7 Å². The molecule has 4 nitrogen and oxygen atoms in total. The van der Waals surface area contributed by atoms with E-state index in [1.807, 2.05) is 0 Å². The summed E-state index contributed by atoms with van der Waals surface area (Å²) < 4.78 is 11.6. The molecule has 3 saturated heterocycles. The van der Waals surface area contributed by atoms with Crippen LogP contribution in [0.25, 0.3) is 0 Å². The molecule has 0 radical (unpaired) electrons. The Balaban J connectivity index is 1.62. The van der Waals surface area contributed by atoms with Gasteiger partial charge in [-0.1, -0.05) is 13.3 Å². The van der Waals surface area contributed by atoms with Gasteiger partial charge >= 0.3 is 0 Å². The van der Waals surface area contributed by atoms with E-state index in [4.69, 9.17) is 15.2 Å². The van der Waals surface area contributed by atoms with Gasteiger partial charge in [-0.3, -0.25) is 4.90 Å². The zero-order chi connectivity index (χ0) is 13.3. The average molecular weight is 268 g/mol. The van der Waals surface area contributed by atoms with Gasteiger partial charge in [0.25, 0.3) is 0 Å². The van der Waals surface area contributed by atoms with E-state index in [1.54, 1.807) is 0 Å². The molecule has 0 aromatic rings. The van der Waals surface area contributed by atoms with Crippen LogP contribution < -0.4 is 5.73 Å². The SMILES string of the molecule is CCC1CN(C2CCOC3(CCOC3)C2)CCC1N. The van der Waals surface area contributed by atoms with Gasteiger partial charge in [-0.25, -0.2) is 0 Å². The Morgan fingerprint density at radius 3 is 2.95 bits per heavy atom. The molecule has 3 fully saturated rings. The third-order valence-electron chi connectivity index (χ3n) is 5.40. The molecule has 3 aliphatic heterocycles. The van der Waals surface area contributed by atoms with Crippen LogP contribution in [-0.2, 0) is 9.47 Å². The summed E-state index contributed by atoms with van der Waals surface area (Å²) in [4.78, 5) is 2.68. The summed E-state index contributed by atoms with van der Waals surface area (Å²) in [5, 5.41) is 0. The summed E-state index contributed by atoms with van der Waals surface area (Å²) in [5.41, 5.74) is 6.26. The van der Waals surface area contributed by atoms with E-state index in [2.05, 4.69) is 11.8 Å². The average Bonchev–Trinajstić information content (AvgIpc) is 2.87. The minimum absolute atomic E-state index is 0.0319. The second-order valence-electron chi connectivity index (χ2n) is 6.60. The number of hydrogen-bond acceptors (Lipinski definition) is 4. The lowest BCUT2D eigenvalue weighted by Gasteiger charge is -2.46. The Morgan fingerprint density at radius 2 is 2.21 bits per heavy atom. The van der Waals surface area contributed by atoms with Gasteiger partial charge in [-0.05, 0) is 31.7 Å². The first-order valence-corrected chi connectivity index (χ1v) is 7.94. The van der Waals surface area contributed by atoms with Crippen LogP contribution in [0.1, 0.15) is 39.0 Å². The van der Waals surface area contributed by atoms with E-state index >= 15 is 0 Å². The van der Waals surface area contributed by atoms with Gasteiger partial charge in [-0.15, -0.1) is 0 Å². The van der Waals surface area contributed by atoms with Crippen molar-refractivity contribution < 1.29 is 9.47 Å². The van der Waals surface area contributed by atoms with E-state index in [9.17, 15) is 0 Å². The molecule has 0 bridgehead atoms. The first-order valence-electron chi connectivity index (χ1n) is 7.94. The zero-order valence-electron chi connectivity index (χ0n) is 12.1. The Morgan fingerprint density at radius 1 is 1.32 bits per heavy atom. The highest BCUT2D eigenvalue weighted by Gasteiger charge is 2.43. The van der Waals surface area contributed by atoms with Crippen LogP contribution in [0.5, 0.6) is 0 Å². The second-order valence-corrected chi connectivity index (χ2v) is 6.60. The fraction of sp³-hybridized carbons (Fsp3) is 1.00. The van der Waals surface area contributed by atoms with E-state index in [0.717, 1.165) is 39.1 Å². The Kier molecular flexibility index (Phi) is 4.13. The smallest absolute Gasteiger partial charge is 0.0951 e. The van der Waals surface area contributed by atoms with Crippen molar-refractivity contribution in [3.05, 3.63) is 0 Å². The molecule has 19 heavy (non-hydrogen) atoms. The molecular weight excluding hydrogens is 240 g/mol. The van der Waals surface area contributed by atoms with Crippen molar-refractivity contribution in [1.82, 2.24) is 4.90 Å². The largest absolute Gasteiger partial charge is 0.378 e. The summed E-state index contributed by atoms with van der Waals surface area (Å²) in [6, 6.07) is 1.09. The predicted octanol–water partition coefficient (Wildman–Crippen LogP) is 1.38. The Hall–Kier alpha value is -0.160. The van der Waals surface area contributed by atoms with Crippen molar-refractivity contribution >= 4 is 0 Å². The number of hydrogen-bond donors (Lipinski definition) is 1. The molecule has 110 valence electrons. The predicted molar refractivity (Wildman–Crippen MR) is 75.1 cm³/mol. The molecule has 0 aliphatic carbocycles. The van der Waals surface area contributed by atoms with Crippen LogP contribution in [0, 0.1) is 5.92 Å². The first-order chi connectivity index (χ1) is 9.22. The van der Waals surface area contributed by atoms with Crippen molar-refractivity contribution in [2.75, 3.05) is 32.9 Å². The lowest BCUT2D eigenvalue weighted by Crippen LogP contribution is -2.55. The van der Waals surface area contributed by atoms with Crippen molar-refractivity contribution in [1.29, 1.82) is 0 Å². The lowest BCUT2D eigenvalue weighted by molar-refractivity contribution is -0.110. The number of piperidine rings is 1. The van der Waals surface area contributed by atoms with Gasteiger partial charge in [0, 0.05) is 38.3 Å². The first kappa shape index (κ1) is 13.8. The molecule has 3 heterocycles. The summed E-state index contributed by atoms with van der Waals surface area (Å²) >= 11 is 0. The maximum Gasteiger partial charge on any atom is 0.0951 e. The van der Waals surface area contributed by atoms with Crippen LogP contribution in [0.2, 0.25) is 0 Å². The molecule has 4 unspecified atom stereocenters. The summed E-state index contributed by atoms with van der Waals surface area (Å²) in [5.74, 6) is 0.673. The summed E-state index contributed by atoms with van der Waals surface area (Å²) in [6.07, 6.45) is 5.76. The van der Waals surface area contributed by atoms with Gasteiger partial charge < -0.3 is 15.2 Å². The monoisotopic (exact) mass is 268 g/mol. The minimum Gasteiger partial charge on any atom is -0.378 e. The van der Waals surface area contributed by atoms with Gasteiger partial charge in [-0.2, -0.15) is 0 Å². The molecule has 3 rings (SSSR count). The minimum atomic E-state index is 0.0319. The van der Waals surface area contributed by atoms with Crippen LogP contribution >= 0.6 is 0 Å². The molecule has 0 aromatic heterocycles. The second kappa shape index (κ2) is 5.68. The van der Waals surface area contributed by atoms with E-state index < -0.39 is 0 Å². The van der Waals surface area contributed by atoms with Crippen molar-refractivity contribution in [3.8, 4) is 0 Å². The van der Waals surface area contributed by atoms with Gasteiger partial charge in [0.05, 0.1) is 12.2 Å². The summed E-state index contributed by atoms with van der Waals surface area (Å²) in [6.45, 7) is 7.18. The Labute approximate surface area is 116 Å². The van der Waals surface area contributed by atoms with Crippen molar-refractivity contribution in [3.63, 3.8) is 0 Å². The normalized spacial score (nSPS) is 44.8. The number of likely N-dealkylation sites (tertiary alicyclic amines) is 1.